The highest BCUT2D eigenvalue weighted by atomic mass is 79.9. The standard InChI is InChI=1S/C14H17BrN2/c1-10(2)17(9-11-3-4-11)14-6-5-12(8-16)7-13(14)15/h5-7,10-11H,3-4,9H2,1-2H3. The number of rotatable bonds is 4. The molecule has 1 aliphatic rings. The van der Waals surface area contributed by atoms with E-state index in [2.05, 4.69) is 40.7 Å². The molecular weight excluding hydrogens is 276 g/mol. The average molecular weight is 293 g/mol. The number of hydrogen-bond acceptors (Lipinski definition) is 2. The van der Waals surface area contributed by atoms with Gasteiger partial charge in [0, 0.05) is 17.1 Å². The maximum Gasteiger partial charge on any atom is 0.0992 e. The summed E-state index contributed by atoms with van der Waals surface area (Å²) < 4.78 is 1.02. The normalized spacial score (nSPS) is 14.8. The van der Waals surface area contributed by atoms with Gasteiger partial charge in [-0.05, 0) is 66.7 Å². The highest BCUT2D eigenvalue weighted by Gasteiger charge is 2.26. The van der Waals surface area contributed by atoms with Crippen LogP contribution in [-0.4, -0.2) is 12.6 Å². The molecule has 1 aromatic rings. The molecule has 1 aromatic carbocycles. The quantitative estimate of drug-likeness (QED) is 0.840. The van der Waals surface area contributed by atoms with E-state index in [1.165, 1.54) is 18.5 Å². The maximum atomic E-state index is 8.87. The van der Waals surface area contributed by atoms with E-state index in [-0.39, 0.29) is 0 Å². The molecular formula is C14H17BrN2. The van der Waals surface area contributed by atoms with Crippen LogP contribution in [0.1, 0.15) is 32.3 Å². The van der Waals surface area contributed by atoms with Crippen LogP contribution in [0.4, 0.5) is 5.69 Å². The fourth-order valence-corrected chi connectivity index (χ4v) is 2.58. The van der Waals surface area contributed by atoms with Crippen LogP contribution in [0.25, 0.3) is 0 Å². The summed E-state index contributed by atoms with van der Waals surface area (Å²) in [5.41, 5.74) is 1.90. The molecule has 1 aliphatic carbocycles. The minimum Gasteiger partial charge on any atom is -0.368 e. The Morgan fingerprint density at radius 1 is 1.47 bits per heavy atom. The van der Waals surface area contributed by atoms with Gasteiger partial charge in [0.05, 0.1) is 17.3 Å². The first kappa shape index (κ1) is 12.4. The summed E-state index contributed by atoms with van der Waals surface area (Å²) in [5.74, 6) is 0.861. The number of hydrogen-bond donors (Lipinski definition) is 0. The van der Waals surface area contributed by atoms with Gasteiger partial charge in [0.25, 0.3) is 0 Å². The van der Waals surface area contributed by atoms with E-state index in [4.69, 9.17) is 5.26 Å². The molecule has 0 spiro atoms. The highest BCUT2D eigenvalue weighted by molar-refractivity contribution is 9.10. The van der Waals surface area contributed by atoms with Crippen molar-refractivity contribution in [3.63, 3.8) is 0 Å². The van der Waals surface area contributed by atoms with Crippen molar-refractivity contribution < 1.29 is 0 Å². The molecule has 0 aromatic heterocycles. The Balaban J connectivity index is 2.25. The van der Waals surface area contributed by atoms with Gasteiger partial charge in [-0.25, -0.2) is 0 Å². The predicted molar refractivity (Wildman–Crippen MR) is 74.1 cm³/mol. The molecule has 0 heterocycles. The SMILES string of the molecule is CC(C)N(CC1CC1)c1ccc(C#N)cc1Br. The first-order valence-electron chi connectivity index (χ1n) is 6.08. The van der Waals surface area contributed by atoms with Crippen LogP contribution in [0.15, 0.2) is 22.7 Å². The molecule has 0 atom stereocenters. The lowest BCUT2D eigenvalue weighted by Crippen LogP contribution is -2.33. The number of benzene rings is 1. The fraction of sp³-hybridized carbons (Fsp3) is 0.500. The number of anilines is 1. The van der Waals surface area contributed by atoms with Crippen LogP contribution in [0.5, 0.6) is 0 Å². The van der Waals surface area contributed by atoms with Crippen molar-refractivity contribution >= 4 is 21.6 Å². The Hall–Kier alpha value is -1.01. The van der Waals surface area contributed by atoms with Gasteiger partial charge in [0.1, 0.15) is 0 Å². The largest absolute Gasteiger partial charge is 0.368 e. The third kappa shape index (κ3) is 3.01. The highest BCUT2D eigenvalue weighted by Crippen LogP contribution is 2.35. The van der Waals surface area contributed by atoms with Crippen LogP contribution < -0.4 is 4.90 Å². The van der Waals surface area contributed by atoms with Crippen LogP contribution in [0.3, 0.4) is 0 Å². The van der Waals surface area contributed by atoms with Crippen molar-refractivity contribution in [2.75, 3.05) is 11.4 Å². The zero-order valence-electron chi connectivity index (χ0n) is 10.3. The molecule has 0 amide bonds. The summed E-state index contributed by atoms with van der Waals surface area (Å²) in [5, 5.41) is 8.87. The van der Waals surface area contributed by atoms with Gasteiger partial charge in [0.15, 0.2) is 0 Å². The molecule has 0 radical (unpaired) electrons. The Kier molecular flexibility index (Phi) is 3.73. The fourth-order valence-electron chi connectivity index (χ4n) is 1.98. The van der Waals surface area contributed by atoms with Crippen LogP contribution in [0.2, 0.25) is 0 Å². The first-order valence-corrected chi connectivity index (χ1v) is 6.87. The van der Waals surface area contributed by atoms with Gasteiger partial charge in [0.2, 0.25) is 0 Å². The number of nitrogens with zero attached hydrogens (tertiary/aromatic N) is 2. The third-order valence-electron chi connectivity index (χ3n) is 3.16. The van der Waals surface area contributed by atoms with E-state index in [1.54, 1.807) is 0 Å². The first-order chi connectivity index (χ1) is 8.11. The second-order valence-electron chi connectivity index (χ2n) is 4.97. The lowest BCUT2D eigenvalue weighted by molar-refractivity contribution is 0.643. The molecule has 0 aliphatic heterocycles. The zero-order chi connectivity index (χ0) is 12.4. The minimum absolute atomic E-state index is 0.486. The summed E-state index contributed by atoms with van der Waals surface area (Å²) in [6.07, 6.45) is 2.72. The van der Waals surface area contributed by atoms with Crippen LogP contribution in [0, 0.1) is 17.2 Å². The average Bonchev–Trinajstić information content (AvgIpc) is 3.10. The van der Waals surface area contributed by atoms with Gasteiger partial charge in [-0.1, -0.05) is 0 Å². The molecule has 3 heteroatoms. The Morgan fingerprint density at radius 3 is 2.65 bits per heavy atom. The van der Waals surface area contributed by atoms with Crippen LogP contribution >= 0.6 is 15.9 Å². The lowest BCUT2D eigenvalue weighted by atomic mass is 10.1. The zero-order valence-corrected chi connectivity index (χ0v) is 11.9. The van der Waals surface area contributed by atoms with Gasteiger partial charge >= 0.3 is 0 Å². The minimum atomic E-state index is 0.486. The van der Waals surface area contributed by atoms with E-state index in [0.717, 1.165) is 16.9 Å². The lowest BCUT2D eigenvalue weighted by Gasteiger charge is -2.30. The van der Waals surface area contributed by atoms with E-state index in [0.29, 0.717) is 11.6 Å². The summed E-state index contributed by atoms with van der Waals surface area (Å²) in [6.45, 7) is 5.56. The topological polar surface area (TPSA) is 27.0 Å². The van der Waals surface area contributed by atoms with Crippen molar-refractivity contribution in [3.8, 4) is 6.07 Å². The smallest absolute Gasteiger partial charge is 0.0992 e. The number of nitriles is 1. The maximum absolute atomic E-state index is 8.87. The Morgan fingerprint density at radius 2 is 2.18 bits per heavy atom. The van der Waals surface area contributed by atoms with E-state index in [1.807, 2.05) is 18.2 Å². The van der Waals surface area contributed by atoms with E-state index in [9.17, 15) is 0 Å². The molecule has 1 fully saturated rings. The second kappa shape index (κ2) is 5.10. The van der Waals surface area contributed by atoms with Gasteiger partial charge in [-0.3, -0.25) is 0 Å². The molecule has 17 heavy (non-hydrogen) atoms. The molecule has 2 rings (SSSR count). The second-order valence-corrected chi connectivity index (χ2v) is 5.82. The van der Waals surface area contributed by atoms with Gasteiger partial charge < -0.3 is 4.90 Å². The predicted octanol–water partition coefficient (Wildman–Crippen LogP) is 3.95. The number of halogens is 1. The van der Waals surface area contributed by atoms with Crippen molar-refractivity contribution in [1.82, 2.24) is 0 Å². The molecule has 90 valence electrons. The van der Waals surface area contributed by atoms with Crippen molar-refractivity contribution in [3.05, 3.63) is 28.2 Å². The van der Waals surface area contributed by atoms with E-state index < -0.39 is 0 Å². The third-order valence-corrected chi connectivity index (χ3v) is 3.80. The monoisotopic (exact) mass is 292 g/mol. The van der Waals surface area contributed by atoms with Crippen molar-refractivity contribution in [1.29, 1.82) is 5.26 Å². The van der Waals surface area contributed by atoms with Crippen LogP contribution in [-0.2, 0) is 0 Å². The molecule has 0 bridgehead atoms. The molecule has 0 N–H and O–H groups in total. The summed E-state index contributed by atoms with van der Waals surface area (Å²) >= 11 is 3.57. The van der Waals surface area contributed by atoms with E-state index >= 15 is 0 Å². The summed E-state index contributed by atoms with van der Waals surface area (Å²) in [6, 6.07) is 8.49. The Labute approximate surface area is 111 Å². The summed E-state index contributed by atoms with van der Waals surface area (Å²) in [4.78, 5) is 2.42. The van der Waals surface area contributed by atoms with Crippen molar-refractivity contribution in [2.24, 2.45) is 5.92 Å². The van der Waals surface area contributed by atoms with Crippen molar-refractivity contribution in [2.45, 2.75) is 32.7 Å². The molecule has 0 unspecified atom stereocenters. The Bertz CT molecular complexity index is 444. The molecule has 0 saturated heterocycles. The molecule has 2 nitrogen and oxygen atoms in total. The van der Waals surface area contributed by atoms with Gasteiger partial charge in [-0.2, -0.15) is 5.26 Å². The molecule has 1 saturated carbocycles. The summed E-state index contributed by atoms with van der Waals surface area (Å²) in [7, 11) is 0. The van der Waals surface area contributed by atoms with Gasteiger partial charge in [-0.15, -0.1) is 0 Å².